The van der Waals surface area contributed by atoms with Gasteiger partial charge in [-0.05, 0) is 49.5 Å². The average molecular weight is 294 g/mol. The van der Waals surface area contributed by atoms with Gasteiger partial charge in [0.05, 0.1) is 0 Å². The van der Waals surface area contributed by atoms with Crippen LogP contribution in [0.15, 0.2) is 0 Å². The van der Waals surface area contributed by atoms with Crippen LogP contribution in [0.4, 0.5) is 0 Å². The van der Waals surface area contributed by atoms with Crippen molar-refractivity contribution in [3.8, 4) is 0 Å². The molecule has 2 aliphatic carbocycles. The van der Waals surface area contributed by atoms with Gasteiger partial charge in [-0.25, -0.2) is 0 Å². The van der Waals surface area contributed by atoms with Gasteiger partial charge in [-0.15, -0.1) is 0 Å². The zero-order chi connectivity index (χ0) is 15.1. The summed E-state index contributed by atoms with van der Waals surface area (Å²) in [5, 5.41) is 3.93. The summed E-state index contributed by atoms with van der Waals surface area (Å²) in [7, 11) is 0. The van der Waals surface area contributed by atoms with E-state index in [2.05, 4.69) is 26.1 Å². The normalized spacial score (nSPS) is 35.6. The highest BCUT2D eigenvalue weighted by Crippen LogP contribution is 2.41. The molecule has 2 saturated carbocycles. The topological polar surface area (TPSA) is 12.0 Å². The van der Waals surface area contributed by atoms with Crippen molar-refractivity contribution in [1.29, 1.82) is 0 Å². The molecule has 21 heavy (non-hydrogen) atoms. The molecule has 0 heterocycles. The van der Waals surface area contributed by atoms with Crippen LogP contribution in [-0.2, 0) is 0 Å². The maximum absolute atomic E-state index is 3.93. The van der Waals surface area contributed by atoms with E-state index in [0.29, 0.717) is 0 Å². The summed E-state index contributed by atoms with van der Waals surface area (Å²) in [4.78, 5) is 0. The molecule has 2 rings (SSSR count). The van der Waals surface area contributed by atoms with Crippen LogP contribution < -0.4 is 5.32 Å². The van der Waals surface area contributed by atoms with Crippen LogP contribution in [0.1, 0.15) is 91.4 Å². The third-order valence-electron chi connectivity index (χ3n) is 6.49. The van der Waals surface area contributed by atoms with E-state index in [9.17, 15) is 0 Å². The van der Waals surface area contributed by atoms with Crippen LogP contribution in [0.2, 0.25) is 0 Å². The number of nitrogens with one attached hydrogen (secondary N) is 1. The van der Waals surface area contributed by atoms with E-state index in [4.69, 9.17) is 0 Å². The van der Waals surface area contributed by atoms with Crippen molar-refractivity contribution < 1.29 is 0 Å². The molecule has 2 aliphatic rings. The molecule has 124 valence electrons. The lowest BCUT2D eigenvalue weighted by Crippen LogP contribution is -2.47. The summed E-state index contributed by atoms with van der Waals surface area (Å²) in [6.07, 6.45) is 16.2. The second kappa shape index (κ2) is 9.18. The first-order valence-corrected chi connectivity index (χ1v) is 10.0. The third-order valence-corrected chi connectivity index (χ3v) is 6.49. The second-order valence-corrected chi connectivity index (χ2v) is 7.77. The van der Waals surface area contributed by atoms with Gasteiger partial charge in [0.25, 0.3) is 0 Å². The largest absolute Gasteiger partial charge is 0.314 e. The molecule has 3 unspecified atom stereocenters. The van der Waals surface area contributed by atoms with E-state index in [0.717, 1.165) is 36.3 Å². The molecule has 1 N–H and O–H groups in total. The smallest absolute Gasteiger partial charge is 0.0126 e. The minimum absolute atomic E-state index is 0.822. The van der Waals surface area contributed by atoms with Gasteiger partial charge in [-0.1, -0.05) is 72.1 Å². The summed E-state index contributed by atoms with van der Waals surface area (Å²) in [5.74, 6) is 3.98. The van der Waals surface area contributed by atoms with Gasteiger partial charge in [-0.3, -0.25) is 0 Å². The average Bonchev–Trinajstić information content (AvgIpc) is 2.54. The Morgan fingerprint density at radius 3 is 2.24 bits per heavy atom. The fraction of sp³-hybridized carbons (Fsp3) is 1.00. The van der Waals surface area contributed by atoms with Crippen molar-refractivity contribution in [2.75, 3.05) is 6.54 Å². The van der Waals surface area contributed by atoms with Crippen LogP contribution in [-0.4, -0.2) is 12.6 Å². The molecule has 1 heteroatoms. The summed E-state index contributed by atoms with van der Waals surface area (Å²) in [6, 6.07) is 0.822. The first-order valence-electron chi connectivity index (χ1n) is 10.0. The highest BCUT2D eigenvalue weighted by atomic mass is 14.9. The molecule has 0 amide bonds. The SMILES string of the molecule is CCCC1CCC(C(NCC)C2CCCCC2CC)CC1. The van der Waals surface area contributed by atoms with E-state index in [1.165, 1.54) is 70.6 Å². The molecular weight excluding hydrogens is 254 g/mol. The summed E-state index contributed by atoms with van der Waals surface area (Å²) < 4.78 is 0. The molecule has 0 aromatic carbocycles. The molecule has 0 bridgehead atoms. The Labute approximate surface area is 133 Å². The Morgan fingerprint density at radius 2 is 1.62 bits per heavy atom. The van der Waals surface area contributed by atoms with Gasteiger partial charge in [0.15, 0.2) is 0 Å². The van der Waals surface area contributed by atoms with Gasteiger partial charge in [0, 0.05) is 6.04 Å². The molecular formula is C20H39N. The molecule has 3 atom stereocenters. The molecule has 0 aromatic heterocycles. The molecule has 2 fully saturated rings. The van der Waals surface area contributed by atoms with Gasteiger partial charge in [0.1, 0.15) is 0 Å². The fourth-order valence-corrected chi connectivity index (χ4v) is 5.36. The fourth-order valence-electron chi connectivity index (χ4n) is 5.36. The second-order valence-electron chi connectivity index (χ2n) is 7.77. The van der Waals surface area contributed by atoms with Crippen molar-refractivity contribution in [3.63, 3.8) is 0 Å². The summed E-state index contributed by atoms with van der Waals surface area (Å²) >= 11 is 0. The van der Waals surface area contributed by atoms with E-state index in [-0.39, 0.29) is 0 Å². The summed E-state index contributed by atoms with van der Waals surface area (Å²) in [5.41, 5.74) is 0. The minimum atomic E-state index is 0.822. The molecule has 0 radical (unpaired) electrons. The first kappa shape index (κ1) is 17.3. The van der Waals surface area contributed by atoms with Gasteiger partial charge in [-0.2, -0.15) is 0 Å². The first-order chi connectivity index (χ1) is 10.3. The number of rotatable bonds is 7. The quantitative estimate of drug-likeness (QED) is 0.626. The van der Waals surface area contributed by atoms with Crippen molar-refractivity contribution in [3.05, 3.63) is 0 Å². The van der Waals surface area contributed by atoms with Crippen molar-refractivity contribution in [1.82, 2.24) is 5.32 Å². The van der Waals surface area contributed by atoms with Gasteiger partial charge in [0.2, 0.25) is 0 Å². The Kier molecular flexibility index (Phi) is 7.57. The molecule has 0 aromatic rings. The monoisotopic (exact) mass is 293 g/mol. The maximum Gasteiger partial charge on any atom is 0.0126 e. The number of hydrogen-bond donors (Lipinski definition) is 1. The van der Waals surface area contributed by atoms with E-state index >= 15 is 0 Å². The standard InChI is InChI=1S/C20H39N/c1-4-9-16-12-14-18(15-13-16)20(21-6-3)19-11-8-7-10-17(19)5-2/h16-21H,4-15H2,1-3H3. The highest BCUT2D eigenvalue weighted by molar-refractivity contribution is 4.90. The lowest BCUT2D eigenvalue weighted by atomic mass is 9.67. The van der Waals surface area contributed by atoms with E-state index in [1.807, 2.05) is 0 Å². The van der Waals surface area contributed by atoms with Crippen LogP contribution in [0.3, 0.4) is 0 Å². The van der Waals surface area contributed by atoms with Crippen molar-refractivity contribution >= 4 is 0 Å². The van der Waals surface area contributed by atoms with Crippen LogP contribution in [0, 0.1) is 23.7 Å². The van der Waals surface area contributed by atoms with Crippen molar-refractivity contribution in [2.24, 2.45) is 23.7 Å². The molecule has 0 aliphatic heterocycles. The van der Waals surface area contributed by atoms with E-state index < -0.39 is 0 Å². The Bertz CT molecular complexity index is 267. The Balaban J connectivity index is 1.95. The van der Waals surface area contributed by atoms with Crippen molar-refractivity contribution in [2.45, 2.75) is 97.4 Å². The Morgan fingerprint density at radius 1 is 0.905 bits per heavy atom. The predicted octanol–water partition coefficient (Wildman–Crippen LogP) is 5.79. The highest BCUT2D eigenvalue weighted by Gasteiger charge is 2.36. The zero-order valence-electron chi connectivity index (χ0n) is 14.9. The van der Waals surface area contributed by atoms with Crippen LogP contribution in [0.5, 0.6) is 0 Å². The lowest BCUT2D eigenvalue weighted by molar-refractivity contribution is 0.108. The Hall–Kier alpha value is -0.0400. The van der Waals surface area contributed by atoms with Crippen LogP contribution >= 0.6 is 0 Å². The van der Waals surface area contributed by atoms with E-state index in [1.54, 1.807) is 0 Å². The predicted molar refractivity (Wildman–Crippen MR) is 93.6 cm³/mol. The molecule has 1 nitrogen and oxygen atoms in total. The van der Waals surface area contributed by atoms with Crippen LogP contribution in [0.25, 0.3) is 0 Å². The molecule has 0 spiro atoms. The maximum atomic E-state index is 3.93. The van der Waals surface area contributed by atoms with Gasteiger partial charge < -0.3 is 5.32 Å². The van der Waals surface area contributed by atoms with Gasteiger partial charge >= 0.3 is 0 Å². The minimum Gasteiger partial charge on any atom is -0.314 e. The lowest BCUT2D eigenvalue weighted by Gasteiger charge is -2.43. The third kappa shape index (κ3) is 4.71. The number of hydrogen-bond acceptors (Lipinski definition) is 1. The zero-order valence-corrected chi connectivity index (χ0v) is 14.9. The molecule has 0 saturated heterocycles. The summed E-state index contributed by atoms with van der Waals surface area (Å²) in [6.45, 7) is 8.23.